The van der Waals surface area contributed by atoms with Crippen molar-refractivity contribution >= 4 is 22.2 Å². The Kier molecular flexibility index (Phi) is 3.81. The molecule has 0 amide bonds. The fraction of sp³-hybridized carbons (Fsp3) is 0.235. The van der Waals surface area contributed by atoms with E-state index in [0.717, 1.165) is 11.9 Å². The summed E-state index contributed by atoms with van der Waals surface area (Å²) >= 11 is 1.82. The van der Waals surface area contributed by atoms with Crippen LogP contribution in [0, 0.1) is 0 Å². The molecule has 1 unspecified atom stereocenters. The molecule has 2 aromatic heterocycles. The number of nitrogens with zero attached hydrogens (tertiary/aromatic N) is 1. The standard InChI is InChI=1S/C17H18N2S/c1-3-12-8-9-20-17(12)16(18-2)14-10-13-6-4-5-7-15(13)19-11-14/h4-11,16,18H,3H2,1-2H3. The molecule has 0 bridgehead atoms. The number of pyridine rings is 1. The first-order chi connectivity index (χ1) is 9.83. The largest absolute Gasteiger partial charge is 0.309 e. The van der Waals surface area contributed by atoms with Crippen LogP contribution in [-0.2, 0) is 6.42 Å². The highest BCUT2D eigenvalue weighted by Gasteiger charge is 2.17. The van der Waals surface area contributed by atoms with Crippen LogP contribution in [-0.4, -0.2) is 12.0 Å². The number of rotatable bonds is 4. The van der Waals surface area contributed by atoms with Gasteiger partial charge in [0, 0.05) is 16.5 Å². The van der Waals surface area contributed by atoms with Crippen molar-refractivity contribution in [1.29, 1.82) is 0 Å². The van der Waals surface area contributed by atoms with Crippen LogP contribution in [0.2, 0.25) is 0 Å². The van der Waals surface area contributed by atoms with Gasteiger partial charge in [-0.1, -0.05) is 25.1 Å². The molecule has 1 atom stereocenters. The van der Waals surface area contributed by atoms with Crippen LogP contribution in [0.5, 0.6) is 0 Å². The maximum atomic E-state index is 4.58. The number of hydrogen-bond acceptors (Lipinski definition) is 3. The molecule has 3 aromatic rings. The molecule has 102 valence electrons. The summed E-state index contributed by atoms with van der Waals surface area (Å²) in [7, 11) is 2.01. The van der Waals surface area contributed by atoms with Crippen molar-refractivity contribution < 1.29 is 0 Å². The number of para-hydroxylation sites is 1. The second kappa shape index (κ2) is 5.73. The van der Waals surface area contributed by atoms with E-state index >= 15 is 0 Å². The van der Waals surface area contributed by atoms with E-state index in [4.69, 9.17) is 0 Å². The van der Waals surface area contributed by atoms with Crippen LogP contribution >= 0.6 is 11.3 Å². The number of benzene rings is 1. The number of nitrogens with one attached hydrogen (secondary N) is 1. The minimum atomic E-state index is 0.224. The smallest absolute Gasteiger partial charge is 0.0702 e. The summed E-state index contributed by atoms with van der Waals surface area (Å²) in [6, 6.07) is 12.9. The van der Waals surface area contributed by atoms with Crippen molar-refractivity contribution in [2.45, 2.75) is 19.4 Å². The molecule has 3 heteroatoms. The molecule has 0 spiro atoms. The average Bonchev–Trinajstić information content (AvgIpc) is 2.96. The van der Waals surface area contributed by atoms with Gasteiger partial charge in [-0.05, 0) is 48.2 Å². The summed E-state index contributed by atoms with van der Waals surface area (Å²) < 4.78 is 0. The number of fused-ring (bicyclic) bond motifs is 1. The highest BCUT2D eigenvalue weighted by Crippen LogP contribution is 2.30. The second-order valence-electron chi connectivity index (χ2n) is 4.85. The van der Waals surface area contributed by atoms with Crippen molar-refractivity contribution in [3.8, 4) is 0 Å². The molecule has 0 fully saturated rings. The lowest BCUT2D eigenvalue weighted by molar-refractivity contribution is 0.695. The quantitative estimate of drug-likeness (QED) is 0.777. The zero-order chi connectivity index (χ0) is 13.9. The number of thiophene rings is 1. The number of aryl methyl sites for hydroxylation is 1. The molecule has 0 radical (unpaired) electrons. The predicted octanol–water partition coefficient (Wildman–Crippen LogP) is 4.17. The van der Waals surface area contributed by atoms with Crippen LogP contribution in [0.15, 0.2) is 48.0 Å². The molecule has 20 heavy (non-hydrogen) atoms. The van der Waals surface area contributed by atoms with Gasteiger partial charge in [-0.25, -0.2) is 0 Å². The van der Waals surface area contributed by atoms with Crippen LogP contribution < -0.4 is 5.32 Å². The molecule has 0 aliphatic carbocycles. The van der Waals surface area contributed by atoms with E-state index in [1.54, 1.807) is 0 Å². The van der Waals surface area contributed by atoms with Crippen molar-refractivity contribution in [1.82, 2.24) is 10.3 Å². The zero-order valence-electron chi connectivity index (χ0n) is 11.8. The highest BCUT2D eigenvalue weighted by molar-refractivity contribution is 7.10. The van der Waals surface area contributed by atoms with Gasteiger partial charge in [0.1, 0.15) is 0 Å². The van der Waals surface area contributed by atoms with Crippen LogP contribution in [0.4, 0.5) is 0 Å². The Morgan fingerprint density at radius 3 is 2.90 bits per heavy atom. The first-order valence-electron chi connectivity index (χ1n) is 6.91. The summed E-state index contributed by atoms with van der Waals surface area (Å²) in [5.41, 5.74) is 3.69. The van der Waals surface area contributed by atoms with Gasteiger partial charge in [-0.3, -0.25) is 4.98 Å². The maximum Gasteiger partial charge on any atom is 0.0702 e. The zero-order valence-corrected chi connectivity index (χ0v) is 12.6. The van der Waals surface area contributed by atoms with Crippen LogP contribution in [0.25, 0.3) is 10.9 Å². The molecule has 0 saturated heterocycles. The third-order valence-corrected chi connectivity index (χ3v) is 4.68. The summed E-state index contributed by atoms with van der Waals surface area (Å²) in [5, 5.41) is 6.80. The van der Waals surface area contributed by atoms with Gasteiger partial charge in [0.05, 0.1) is 11.6 Å². The van der Waals surface area contributed by atoms with Gasteiger partial charge in [0.25, 0.3) is 0 Å². The maximum absolute atomic E-state index is 4.58. The van der Waals surface area contributed by atoms with Crippen LogP contribution in [0.3, 0.4) is 0 Å². The monoisotopic (exact) mass is 282 g/mol. The Bertz CT molecular complexity index is 718. The lowest BCUT2D eigenvalue weighted by atomic mass is 10.0. The van der Waals surface area contributed by atoms with Crippen molar-refractivity contribution in [3.05, 3.63) is 64.0 Å². The Hall–Kier alpha value is -1.71. The first kappa shape index (κ1) is 13.3. The van der Waals surface area contributed by atoms with E-state index in [1.807, 2.05) is 30.6 Å². The second-order valence-corrected chi connectivity index (χ2v) is 5.79. The molecular weight excluding hydrogens is 264 g/mol. The Morgan fingerprint density at radius 1 is 1.25 bits per heavy atom. The molecule has 0 aliphatic rings. The van der Waals surface area contributed by atoms with Gasteiger partial charge in [0.2, 0.25) is 0 Å². The molecule has 1 N–H and O–H groups in total. The predicted molar refractivity (Wildman–Crippen MR) is 86.3 cm³/mol. The van der Waals surface area contributed by atoms with Gasteiger partial charge in [-0.2, -0.15) is 0 Å². The van der Waals surface area contributed by atoms with E-state index in [9.17, 15) is 0 Å². The van der Waals surface area contributed by atoms with E-state index in [-0.39, 0.29) is 6.04 Å². The normalized spacial score (nSPS) is 12.7. The summed E-state index contributed by atoms with van der Waals surface area (Å²) in [6.07, 6.45) is 3.06. The lowest BCUT2D eigenvalue weighted by Gasteiger charge is -2.17. The van der Waals surface area contributed by atoms with Crippen LogP contribution in [0.1, 0.15) is 29.0 Å². The van der Waals surface area contributed by atoms with E-state index < -0.39 is 0 Å². The highest BCUT2D eigenvalue weighted by atomic mass is 32.1. The summed E-state index contributed by atoms with van der Waals surface area (Å²) in [4.78, 5) is 5.98. The molecule has 0 saturated carbocycles. The fourth-order valence-electron chi connectivity index (χ4n) is 2.59. The number of aromatic nitrogens is 1. The molecule has 3 rings (SSSR count). The van der Waals surface area contributed by atoms with Gasteiger partial charge in [0.15, 0.2) is 0 Å². The first-order valence-corrected chi connectivity index (χ1v) is 7.79. The van der Waals surface area contributed by atoms with E-state index in [0.29, 0.717) is 0 Å². The SMILES string of the molecule is CCc1ccsc1C(NC)c1cnc2ccccc2c1. The van der Waals surface area contributed by atoms with Gasteiger partial charge in [-0.15, -0.1) is 11.3 Å². The van der Waals surface area contributed by atoms with E-state index in [1.165, 1.54) is 21.4 Å². The van der Waals surface area contributed by atoms with E-state index in [2.05, 4.69) is 52.9 Å². The van der Waals surface area contributed by atoms with Crippen molar-refractivity contribution in [2.24, 2.45) is 0 Å². The summed E-state index contributed by atoms with van der Waals surface area (Å²) in [5.74, 6) is 0. The van der Waals surface area contributed by atoms with Gasteiger partial charge >= 0.3 is 0 Å². The van der Waals surface area contributed by atoms with Gasteiger partial charge < -0.3 is 5.32 Å². The third kappa shape index (κ3) is 2.35. The minimum absolute atomic E-state index is 0.224. The number of hydrogen-bond donors (Lipinski definition) is 1. The van der Waals surface area contributed by atoms with Crippen molar-refractivity contribution in [2.75, 3.05) is 7.05 Å². The third-order valence-electron chi connectivity index (χ3n) is 3.66. The Morgan fingerprint density at radius 2 is 2.10 bits per heavy atom. The average molecular weight is 282 g/mol. The fourth-order valence-corrected chi connectivity index (χ4v) is 3.72. The molecule has 0 aliphatic heterocycles. The van der Waals surface area contributed by atoms with Crippen molar-refractivity contribution in [3.63, 3.8) is 0 Å². The minimum Gasteiger partial charge on any atom is -0.309 e. The Labute approximate surface area is 123 Å². The summed E-state index contributed by atoms with van der Waals surface area (Å²) in [6.45, 7) is 2.21. The molecule has 2 heterocycles. The lowest BCUT2D eigenvalue weighted by Crippen LogP contribution is -2.17. The molecule has 2 nitrogen and oxygen atoms in total. The molecular formula is C17H18N2S. The topological polar surface area (TPSA) is 24.9 Å². The molecule has 1 aromatic carbocycles. The Balaban J connectivity index is 2.07.